The van der Waals surface area contributed by atoms with E-state index in [4.69, 9.17) is 0 Å². The predicted octanol–water partition coefficient (Wildman–Crippen LogP) is 10.1. The highest BCUT2D eigenvalue weighted by atomic mass is 33.1. The molecule has 6 nitrogen and oxygen atoms in total. The second-order valence-corrected chi connectivity index (χ2v) is 10.3. The van der Waals surface area contributed by atoms with E-state index in [0.717, 1.165) is 58.7 Å². The third-order valence-corrected chi connectivity index (χ3v) is 7.07. The Labute approximate surface area is 235 Å². The Kier molecular flexibility index (Phi) is 15.7. The van der Waals surface area contributed by atoms with E-state index in [9.17, 15) is 0 Å². The van der Waals surface area contributed by atoms with E-state index in [1.54, 1.807) is 12.2 Å². The molecule has 38 heavy (non-hydrogen) atoms. The lowest BCUT2D eigenvalue weighted by atomic mass is 10.3. The molecule has 2 rings (SSSR count). The van der Waals surface area contributed by atoms with Gasteiger partial charge in [0.05, 0.1) is 22.8 Å². The van der Waals surface area contributed by atoms with Crippen LogP contribution in [0.15, 0.2) is 142 Å². The summed E-state index contributed by atoms with van der Waals surface area (Å²) in [5, 5.41) is 23.9. The molecule has 2 N–H and O–H groups in total. The molecule has 198 valence electrons. The Morgan fingerprint density at radius 2 is 1.08 bits per heavy atom. The van der Waals surface area contributed by atoms with Crippen molar-refractivity contribution in [1.82, 2.24) is 0 Å². The van der Waals surface area contributed by atoms with Crippen LogP contribution in [0.25, 0.3) is 0 Å². The SMILES string of the molecule is C=C/C=C(\C=C/C)N=Nc1ccc(NCCSSCCNc2ccc(N=NC(/C=C\C)=C/C=C)cc2)cc1. The van der Waals surface area contributed by atoms with Gasteiger partial charge in [0, 0.05) is 36.0 Å². The van der Waals surface area contributed by atoms with Gasteiger partial charge in [0.1, 0.15) is 0 Å². The highest BCUT2D eigenvalue weighted by Gasteiger charge is 1.97. The first kappa shape index (κ1) is 30.6. The van der Waals surface area contributed by atoms with Crippen molar-refractivity contribution in [2.24, 2.45) is 20.5 Å². The quantitative estimate of drug-likeness (QED) is 0.0899. The lowest BCUT2D eigenvalue weighted by molar-refractivity contribution is 1.17. The molecule has 0 bridgehead atoms. The molecule has 8 heteroatoms. The summed E-state index contributed by atoms with van der Waals surface area (Å²) in [4.78, 5) is 0. The van der Waals surface area contributed by atoms with Crippen molar-refractivity contribution in [3.63, 3.8) is 0 Å². The fourth-order valence-electron chi connectivity index (χ4n) is 2.94. The highest BCUT2D eigenvalue weighted by molar-refractivity contribution is 8.76. The van der Waals surface area contributed by atoms with Crippen LogP contribution < -0.4 is 10.6 Å². The van der Waals surface area contributed by atoms with Gasteiger partial charge in [-0.3, -0.25) is 0 Å². The molecular weight excluding hydrogens is 509 g/mol. The molecule has 0 atom stereocenters. The smallest absolute Gasteiger partial charge is 0.0858 e. The monoisotopic (exact) mass is 544 g/mol. The van der Waals surface area contributed by atoms with Gasteiger partial charge >= 0.3 is 0 Å². The molecule has 2 aromatic rings. The number of rotatable bonds is 17. The van der Waals surface area contributed by atoms with Gasteiger partial charge < -0.3 is 10.6 Å². The van der Waals surface area contributed by atoms with Crippen molar-refractivity contribution in [2.75, 3.05) is 35.2 Å². The van der Waals surface area contributed by atoms with Crippen molar-refractivity contribution in [1.29, 1.82) is 0 Å². The zero-order chi connectivity index (χ0) is 27.3. The summed E-state index contributed by atoms with van der Waals surface area (Å²) in [6.07, 6.45) is 14.7. The summed E-state index contributed by atoms with van der Waals surface area (Å²) in [5.41, 5.74) is 5.30. The fourth-order valence-corrected chi connectivity index (χ4v) is 4.76. The third kappa shape index (κ3) is 13.1. The van der Waals surface area contributed by atoms with Crippen LogP contribution in [-0.4, -0.2) is 24.6 Å². The fraction of sp³-hybridized carbons (Fsp3) is 0.200. The second kappa shape index (κ2) is 19.5. The van der Waals surface area contributed by atoms with Gasteiger partial charge in [-0.05, 0) is 86.7 Å². The van der Waals surface area contributed by atoms with Gasteiger partial charge in [0.15, 0.2) is 0 Å². The van der Waals surface area contributed by atoms with E-state index in [2.05, 4.69) is 44.2 Å². The molecule has 0 aromatic heterocycles. The maximum atomic E-state index is 4.28. The lowest BCUT2D eigenvalue weighted by Gasteiger charge is -2.07. The Hall–Kier alpha value is -3.62. The number of nitrogens with one attached hydrogen (secondary N) is 2. The van der Waals surface area contributed by atoms with Gasteiger partial charge in [-0.1, -0.05) is 59.0 Å². The topological polar surface area (TPSA) is 73.5 Å². The van der Waals surface area contributed by atoms with Crippen molar-refractivity contribution in [3.05, 3.63) is 122 Å². The predicted molar refractivity (Wildman–Crippen MR) is 170 cm³/mol. The minimum Gasteiger partial charge on any atom is -0.384 e. The molecule has 0 amide bonds. The number of anilines is 2. The van der Waals surface area contributed by atoms with E-state index in [-0.39, 0.29) is 0 Å². The number of azo groups is 2. The molecule has 0 saturated heterocycles. The lowest BCUT2D eigenvalue weighted by Crippen LogP contribution is -2.05. The Balaban J connectivity index is 1.61. The van der Waals surface area contributed by atoms with Crippen LogP contribution in [0, 0.1) is 0 Å². The molecule has 0 aliphatic carbocycles. The van der Waals surface area contributed by atoms with E-state index >= 15 is 0 Å². The van der Waals surface area contributed by atoms with E-state index < -0.39 is 0 Å². The number of hydrogen-bond donors (Lipinski definition) is 2. The van der Waals surface area contributed by atoms with Crippen LogP contribution in [0.4, 0.5) is 22.7 Å². The summed E-state index contributed by atoms with van der Waals surface area (Å²) < 4.78 is 0. The molecule has 0 radical (unpaired) electrons. The van der Waals surface area contributed by atoms with Crippen molar-refractivity contribution < 1.29 is 0 Å². The number of benzene rings is 2. The minimum absolute atomic E-state index is 0.766. The van der Waals surface area contributed by atoms with E-state index in [0.29, 0.717) is 0 Å². The van der Waals surface area contributed by atoms with Crippen LogP contribution in [0.2, 0.25) is 0 Å². The second-order valence-electron chi connectivity index (χ2n) is 7.65. The standard InChI is InChI=1S/C30H36N6S2/c1-5-9-27(10-6-2)33-35-29-17-13-25(14-18-29)31-21-23-37-38-24-22-32-26-15-19-30(20-16-26)36-34-28(11-7-3)12-8-4/h5-20,31-32H,1,3,21-24H2,2,4H3/b10-6-,12-8-,27-9+,28-11+,35-33?,36-34?. The number of allylic oxidation sites excluding steroid dienone is 8. The normalized spacial score (nSPS) is 12.7. The van der Waals surface area contributed by atoms with Gasteiger partial charge in [-0.15, -0.1) is 0 Å². The number of nitrogens with zero attached hydrogens (tertiary/aromatic N) is 4. The van der Waals surface area contributed by atoms with Crippen molar-refractivity contribution in [3.8, 4) is 0 Å². The molecule has 0 aliphatic heterocycles. The average molecular weight is 545 g/mol. The molecular formula is C30H36N6S2. The summed E-state index contributed by atoms with van der Waals surface area (Å²) in [6.45, 7) is 13.1. The first-order valence-corrected chi connectivity index (χ1v) is 14.8. The van der Waals surface area contributed by atoms with Crippen LogP contribution in [-0.2, 0) is 0 Å². The molecule has 0 saturated carbocycles. The summed E-state index contributed by atoms with van der Waals surface area (Å²) in [7, 11) is 3.73. The summed E-state index contributed by atoms with van der Waals surface area (Å²) >= 11 is 0. The molecule has 0 heterocycles. The van der Waals surface area contributed by atoms with Crippen LogP contribution in [0.1, 0.15) is 13.8 Å². The largest absolute Gasteiger partial charge is 0.384 e. The van der Waals surface area contributed by atoms with Crippen molar-refractivity contribution in [2.45, 2.75) is 13.8 Å². The van der Waals surface area contributed by atoms with Crippen LogP contribution >= 0.6 is 21.6 Å². The minimum atomic E-state index is 0.766. The molecule has 0 spiro atoms. The third-order valence-electron chi connectivity index (χ3n) is 4.66. The van der Waals surface area contributed by atoms with Gasteiger partial charge in [-0.2, -0.15) is 20.5 Å². The maximum Gasteiger partial charge on any atom is 0.0858 e. The molecule has 0 fully saturated rings. The summed E-state index contributed by atoms with van der Waals surface area (Å²) in [5.74, 6) is 2.03. The molecule has 0 aliphatic rings. The van der Waals surface area contributed by atoms with Crippen LogP contribution in [0.3, 0.4) is 0 Å². The molecule has 2 aromatic carbocycles. The van der Waals surface area contributed by atoms with Crippen LogP contribution in [0.5, 0.6) is 0 Å². The number of hydrogen-bond acceptors (Lipinski definition) is 8. The first-order chi connectivity index (χ1) is 18.7. The van der Waals surface area contributed by atoms with E-state index in [1.807, 2.05) is 120 Å². The zero-order valence-corrected chi connectivity index (χ0v) is 23.7. The maximum absolute atomic E-state index is 4.28. The van der Waals surface area contributed by atoms with Gasteiger partial charge in [0.2, 0.25) is 0 Å². The Morgan fingerprint density at radius 3 is 1.42 bits per heavy atom. The average Bonchev–Trinajstić information content (AvgIpc) is 2.93. The van der Waals surface area contributed by atoms with Gasteiger partial charge in [0.25, 0.3) is 0 Å². The van der Waals surface area contributed by atoms with Gasteiger partial charge in [-0.25, -0.2) is 0 Å². The van der Waals surface area contributed by atoms with E-state index in [1.165, 1.54) is 0 Å². The Morgan fingerprint density at radius 1 is 0.684 bits per heavy atom. The molecule has 0 unspecified atom stereocenters. The first-order valence-electron chi connectivity index (χ1n) is 12.3. The Bertz CT molecular complexity index is 1070. The highest BCUT2D eigenvalue weighted by Crippen LogP contribution is 2.23. The zero-order valence-electron chi connectivity index (χ0n) is 22.1. The summed E-state index contributed by atoms with van der Waals surface area (Å²) in [6, 6.07) is 15.9. The van der Waals surface area contributed by atoms with Crippen molar-refractivity contribution >= 4 is 44.3 Å².